The number of aromatic nitrogens is 2. The van der Waals surface area contributed by atoms with Gasteiger partial charge in [0.2, 0.25) is 0 Å². The molecule has 0 amide bonds. The molecule has 0 aliphatic carbocycles. The summed E-state index contributed by atoms with van der Waals surface area (Å²) in [5, 5.41) is 10.2. The van der Waals surface area contributed by atoms with E-state index in [1.807, 2.05) is 11.3 Å². The van der Waals surface area contributed by atoms with Crippen molar-refractivity contribution in [3.63, 3.8) is 0 Å². The summed E-state index contributed by atoms with van der Waals surface area (Å²) in [7, 11) is 0. The van der Waals surface area contributed by atoms with Gasteiger partial charge in [0, 0.05) is 52.8 Å². The van der Waals surface area contributed by atoms with Crippen LogP contribution in [0.25, 0.3) is 97.1 Å². The minimum atomic E-state index is 1.18. The number of para-hydroxylation sites is 2. The molecule has 0 radical (unpaired) electrons. The molecule has 0 saturated carbocycles. The van der Waals surface area contributed by atoms with Crippen LogP contribution in [0.2, 0.25) is 0 Å². The molecule has 0 aliphatic rings. The summed E-state index contributed by atoms with van der Waals surface area (Å²) in [6.45, 7) is 0. The Hall–Kier alpha value is -6.16. The van der Waals surface area contributed by atoms with E-state index < -0.39 is 0 Å². The number of hydrogen-bond donors (Lipinski definition) is 0. The Balaban J connectivity index is 1.20. The van der Waals surface area contributed by atoms with Gasteiger partial charge in [0.05, 0.1) is 27.8 Å². The van der Waals surface area contributed by atoms with Crippen LogP contribution in [0.1, 0.15) is 0 Å². The molecule has 0 saturated heterocycles. The van der Waals surface area contributed by atoms with Crippen molar-refractivity contribution in [1.29, 1.82) is 0 Å². The van der Waals surface area contributed by atoms with Gasteiger partial charge >= 0.3 is 0 Å². The van der Waals surface area contributed by atoms with Crippen LogP contribution >= 0.6 is 11.3 Å². The zero-order valence-electron chi connectivity index (χ0n) is 26.5. The Morgan fingerprint density at radius 2 is 0.939 bits per heavy atom. The molecule has 0 N–H and O–H groups in total. The van der Waals surface area contributed by atoms with Gasteiger partial charge < -0.3 is 9.13 Å². The number of benzene rings is 8. The molecule has 11 aromatic rings. The van der Waals surface area contributed by atoms with Gasteiger partial charge in [0.25, 0.3) is 0 Å². The van der Waals surface area contributed by atoms with E-state index in [0.717, 1.165) is 0 Å². The van der Waals surface area contributed by atoms with Crippen LogP contribution in [0.3, 0.4) is 0 Å². The number of rotatable bonds is 3. The van der Waals surface area contributed by atoms with Gasteiger partial charge in [-0.1, -0.05) is 103 Å². The van der Waals surface area contributed by atoms with Crippen LogP contribution in [0, 0.1) is 0 Å². The fourth-order valence-electron chi connectivity index (χ4n) is 8.09. The van der Waals surface area contributed by atoms with Gasteiger partial charge in [-0.3, -0.25) is 0 Å². The third-order valence-corrected chi connectivity index (χ3v) is 11.4. The van der Waals surface area contributed by atoms with Gasteiger partial charge in [-0.25, -0.2) is 0 Å². The highest BCUT2D eigenvalue weighted by Gasteiger charge is 2.19. The predicted molar refractivity (Wildman–Crippen MR) is 211 cm³/mol. The first kappa shape index (κ1) is 26.9. The lowest BCUT2D eigenvalue weighted by Gasteiger charge is -2.12. The average Bonchev–Trinajstić information content (AvgIpc) is 3.80. The molecule has 3 heterocycles. The van der Waals surface area contributed by atoms with Crippen molar-refractivity contribution in [1.82, 2.24) is 9.13 Å². The molecule has 49 heavy (non-hydrogen) atoms. The van der Waals surface area contributed by atoms with E-state index in [4.69, 9.17) is 0 Å². The van der Waals surface area contributed by atoms with Crippen LogP contribution in [0.15, 0.2) is 170 Å². The Morgan fingerprint density at radius 1 is 0.327 bits per heavy atom. The van der Waals surface area contributed by atoms with E-state index in [2.05, 4.69) is 179 Å². The molecule has 0 bridgehead atoms. The number of fused-ring (bicyclic) bond motifs is 10. The second kappa shape index (κ2) is 10.2. The molecule has 3 heteroatoms. The second-order valence-corrected chi connectivity index (χ2v) is 14.0. The molecule has 228 valence electrons. The minimum Gasteiger partial charge on any atom is -0.309 e. The zero-order chi connectivity index (χ0) is 32.1. The van der Waals surface area contributed by atoms with E-state index >= 15 is 0 Å². The van der Waals surface area contributed by atoms with Crippen LogP contribution in [0.4, 0.5) is 0 Å². The van der Waals surface area contributed by atoms with Gasteiger partial charge in [0.15, 0.2) is 0 Å². The topological polar surface area (TPSA) is 9.86 Å². The Morgan fingerprint density at radius 3 is 1.78 bits per heavy atom. The second-order valence-electron chi connectivity index (χ2n) is 12.9. The fraction of sp³-hybridized carbons (Fsp3) is 0. The van der Waals surface area contributed by atoms with Gasteiger partial charge in [-0.05, 0) is 83.2 Å². The highest BCUT2D eigenvalue weighted by Crippen LogP contribution is 2.43. The normalized spacial score (nSPS) is 12.1. The van der Waals surface area contributed by atoms with Crippen LogP contribution in [-0.4, -0.2) is 9.13 Å². The van der Waals surface area contributed by atoms with E-state index in [1.165, 1.54) is 97.1 Å². The summed E-state index contributed by atoms with van der Waals surface area (Å²) in [5.41, 5.74) is 9.73. The van der Waals surface area contributed by atoms with Crippen LogP contribution < -0.4 is 0 Å². The predicted octanol–water partition coefficient (Wildman–Crippen LogP) is 13.1. The summed E-state index contributed by atoms with van der Waals surface area (Å²) in [6.07, 6.45) is 0. The maximum absolute atomic E-state index is 2.48. The quantitative estimate of drug-likeness (QED) is 0.182. The van der Waals surface area contributed by atoms with E-state index in [-0.39, 0.29) is 0 Å². The van der Waals surface area contributed by atoms with E-state index in [1.54, 1.807) is 0 Å². The molecule has 0 atom stereocenters. The first-order chi connectivity index (χ1) is 24.3. The number of hydrogen-bond acceptors (Lipinski definition) is 1. The van der Waals surface area contributed by atoms with Crippen molar-refractivity contribution in [2.24, 2.45) is 0 Å². The van der Waals surface area contributed by atoms with Gasteiger partial charge in [-0.15, -0.1) is 11.3 Å². The lowest BCUT2D eigenvalue weighted by Crippen LogP contribution is -1.95. The lowest BCUT2D eigenvalue weighted by molar-refractivity contribution is 1.18. The van der Waals surface area contributed by atoms with Gasteiger partial charge in [0.1, 0.15) is 0 Å². The Bertz CT molecular complexity index is 3100. The fourth-order valence-corrected chi connectivity index (χ4v) is 9.21. The highest BCUT2D eigenvalue weighted by atomic mass is 32.1. The maximum Gasteiger partial charge on any atom is 0.0555 e. The monoisotopic (exact) mass is 640 g/mol. The summed E-state index contributed by atoms with van der Waals surface area (Å²) in [6, 6.07) is 62.5. The Kier molecular flexibility index (Phi) is 5.57. The van der Waals surface area contributed by atoms with Crippen molar-refractivity contribution < 1.29 is 0 Å². The van der Waals surface area contributed by atoms with Crippen molar-refractivity contribution in [2.75, 3.05) is 0 Å². The summed E-state index contributed by atoms with van der Waals surface area (Å²) in [5.74, 6) is 0. The molecule has 3 aromatic heterocycles. The molecule has 0 fully saturated rings. The lowest BCUT2D eigenvalue weighted by atomic mass is 10.00. The third-order valence-electron chi connectivity index (χ3n) is 10.3. The molecule has 0 unspecified atom stereocenters. The van der Waals surface area contributed by atoms with Crippen molar-refractivity contribution >= 4 is 85.9 Å². The van der Waals surface area contributed by atoms with Crippen LogP contribution in [-0.2, 0) is 0 Å². The minimum absolute atomic E-state index is 1.18. The van der Waals surface area contributed by atoms with Crippen molar-refractivity contribution in [3.8, 4) is 22.5 Å². The van der Waals surface area contributed by atoms with Crippen LogP contribution in [0.5, 0.6) is 0 Å². The standard InChI is InChI=1S/C46H28N2S/c1-2-13-32(14-3-1)47-41-18-8-6-16-34(41)36-25-30(21-23-42(36)47)31-22-24-43-37(26-31)38-27-39-35-17-7-9-20-45(35)49-46(39)28-44(38)48(43)40-19-10-12-29-11-4-5-15-33(29)40/h1-28H. The first-order valence-electron chi connectivity index (χ1n) is 16.8. The molecule has 0 aliphatic heterocycles. The molecular weight excluding hydrogens is 613 g/mol. The third kappa shape index (κ3) is 3.88. The number of nitrogens with zero attached hydrogens (tertiary/aromatic N) is 2. The maximum atomic E-state index is 2.48. The first-order valence-corrected chi connectivity index (χ1v) is 17.6. The molecule has 2 nitrogen and oxygen atoms in total. The molecule has 0 spiro atoms. The van der Waals surface area contributed by atoms with E-state index in [9.17, 15) is 0 Å². The van der Waals surface area contributed by atoms with Gasteiger partial charge in [-0.2, -0.15) is 0 Å². The average molecular weight is 641 g/mol. The number of thiophene rings is 1. The summed E-state index contributed by atoms with van der Waals surface area (Å²) >= 11 is 1.88. The summed E-state index contributed by atoms with van der Waals surface area (Å²) in [4.78, 5) is 0. The SMILES string of the molecule is c1ccc(-n2c3ccccc3c3cc(-c4ccc5c(c4)c4cc6c(cc4n5-c4cccc5ccccc45)sc4ccccc46)ccc32)cc1. The largest absolute Gasteiger partial charge is 0.309 e. The molecular formula is C46H28N2S. The Labute approximate surface area is 286 Å². The van der Waals surface area contributed by atoms with Crippen molar-refractivity contribution in [3.05, 3.63) is 170 Å². The van der Waals surface area contributed by atoms with Crippen molar-refractivity contribution in [2.45, 2.75) is 0 Å². The molecule has 8 aromatic carbocycles. The molecule has 11 rings (SSSR count). The van der Waals surface area contributed by atoms with E-state index in [0.29, 0.717) is 0 Å². The highest BCUT2D eigenvalue weighted by molar-refractivity contribution is 7.25. The summed E-state index contributed by atoms with van der Waals surface area (Å²) < 4.78 is 7.51. The smallest absolute Gasteiger partial charge is 0.0555 e. The zero-order valence-corrected chi connectivity index (χ0v) is 27.3.